The Balaban J connectivity index is 1.51. The van der Waals surface area contributed by atoms with E-state index in [1.165, 1.54) is 19.2 Å². The number of carbonyl (C=O) groups is 2. The van der Waals surface area contributed by atoms with Gasteiger partial charge in [-0.15, -0.1) is 0 Å². The molecule has 0 bridgehead atoms. The average Bonchev–Trinajstić information content (AvgIpc) is 3.20. The first-order chi connectivity index (χ1) is 14.0. The molecule has 0 aliphatic carbocycles. The summed E-state index contributed by atoms with van der Waals surface area (Å²) in [5.41, 5.74) is 1.27. The predicted octanol–water partition coefficient (Wildman–Crippen LogP) is 3.18. The number of ether oxygens (including phenoxy) is 1. The fourth-order valence-corrected chi connectivity index (χ4v) is 2.50. The molecule has 0 atom stereocenters. The van der Waals surface area contributed by atoms with Crippen molar-refractivity contribution in [2.45, 2.75) is 12.8 Å². The number of nitrogens with zero attached hydrogens (tertiary/aromatic N) is 1. The zero-order valence-corrected chi connectivity index (χ0v) is 15.8. The minimum absolute atomic E-state index is 0.103. The molecule has 0 saturated heterocycles. The third kappa shape index (κ3) is 5.90. The topological polar surface area (TPSA) is 93.5 Å². The van der Waals surface area contributed by atoms with Crippen molar-refractivity contribution in [3.63, 3.8) is 0 Å². The summed E-state index contributed by atoms with van der Waals surface area (Å²) in [6.07, 6.45) is 2.04. The summed E-state index contributed by atoms with van der Waals surface area (Å²) >= 11 is 0. The molecule has 2 N–H and O–H groups in total. The van der Waals surface area contributed by atoms with Gasteiger partial charge < -0.3 is 19.8 Å². The number of anilines is 1. The van der Waals surface area contributed by atoms with Crippen LogP contribution in [-0.4, -0.2) is 30.5 Å². The van der Waals surface area contributed by atoms with Crippen LogP contribution < -0.4 is 15.4 Å². The number of nitrogens with one attached hydrogen (secondary N) is 2. The normalized spacial score (nSPS) is 10.4. The first-order valence-corrected chi connectivity index (χ1v) is 8.97. The molecule has 1 heterocycles. The molecule has 2 aromatic carbocycles. The van der Waals surface area contributed by atoms with Crippen LogP contribution in [0.5, 0.6) is 5.75 Å². The lowest BCUT2D eigenvalue weighted by molar-refractivity contribution is -0.122. The summed E-state index contributed by atoms with van der Waals surface area (Å²) in [5.74, 6) is 0.625. The van der Waals surface area contributed by atoms with Crippen LogP contribution in [-0.2, 0) is 16.0 Å². The summed E-state index contributed by atoms with van der Waals surface area (Å²) in [7, 11) is 1.53. The van der Waals surface area contributed by atoms with Gasteiger partial charge in [0.2, 0.25) is 5.91 Å². The number of oxazole rings is 1. The van der Waals surface area contributed by atoms with Crippen molar-refractivity contribution in [3.8, 4) is 17.1 Å². The van der Waals surface area contributed by atoms with Gasteiger partial charge in [0.05, 0.1) is 6.20 Å². The van der Waals surface area contributed by atoms with E-state index in [4.69, 9.17) is 9.15 Å². The van der Waals surface area contributed by atoms with Crippen molar-refractivity contribution in [1.82, 2.24) is 10.3 Å². The van der Waals surface area contributed by atoms with Gasteiger partial charge in [-0.1, -0.05) is 6.07 Å². The largest absolute Gasteiger partial charge is 0.484 e. The van der Waals surface area contributed by atoms with E-state index in [0.29, 0.717) is 35.1 Å². The van der Waals surface area contributed by atoms with Crippen LogP contribution in [0.15, 0.2) is 59.1 Å². The molecule has 0 saturated carbocycles. The van der Waals surface area contributed by atoms with E-state index in [2.05, 4.69) is 15.6 Å². The Kier molecular flexibility index (Phi) is 6.57. The Hall–Kier alpha value is -3.68. The van der Waals surface area contributed by atoms with Crippen LogP contribution in [0.1, 0.15) is 12.3 Å². The first-order valence-electron chi connectivity index (χ1n) is 8.97. The average molecular weight is 397 g/mol. The van der Waals surface area contributed by atoms with Crippen LogP contribution in [0.3, 0.4) is 0 Å². The summed E-state index contributed by atoms with van der Waals surface area (Å²) in [6, 6.07) is 12.7. The zero-order chi connectivity index (χ0) is 20.6. The van der Waals surface area contributed by atoms with Gasteiger partial charge in [-0.2, -0.15) is 0 Å². The molecule has 2 amide bonds. The van der Waals surface area contributed by atoms with Crippen molar-refractivity contribution < 1.29 is 23.1 Å². The summed E-state index contributed by atoms with van der Waals surface area (Å²) in [6.45, 7) is -0.103. The highest BCUT2D eigenvalue weighted by Crippen LogP contribution is 2.21. The highest BCUT2D eigenvalue weighted by Gasteiger charge is 2.10. The summed E-state index contributed by atoms with van der Waals surface area (Å²) in [4.78, 5) is 27.6. The van der Waals surface area contributed by atoms with Crippen LogP contribution in [0.25, 0.3) is 11.3 Å². The monoisotopic (exact) mass is 397 g/mol. The molecule has 8 heteroatoms. The predicted molar refractivity (Wildman–Crippen MR) is 105 cm³/mol. The maximum absolute atomic E-state index is 13.0. The van der Waals surface area contributed by atoms with Crippen LogP contribution in [0.2, 0.25) is 0 Å². The van der Waals surface area contributed by atoms with Gasteiger partial charge in [0, 0.05) is 37.2 Å². The second kappa shape index (κ2) is 9.50. The molecule has 29 heavy (non-hydrogen) atoms. The number of halogens is 1. The van der Waals surface area contributed by atoms with Crippen molar-refractivity contribution in [2.75, 3.05) is 19.0 Å². The number of likely N-dealkylation sites (N-methyl/N-ethyl adjacent to an activating group) is 1. The quantitative estimate of drug-likeness (QED) is 0.609. The number of amides is 2. The minimum atomic E-state index is -0.326. The van der Waals surface area contributed by atoms with Crippen LogP contribution >= 0.6 is 0 Å². The molecule has 150 valence electrons. The number of rotatable bonds is 8. The number of carbonyl (C=O) groups excluding carboxylic acids is 2. The van der Waals surface area contributed by atoms with E-state index in [1.807, 2.05) is 0 Å². The maximum atomic E-state index is 13.0. The van der Waals surface area contributed by atoms with Crippen molar-refractivity contribution in [2.24, 2.45) is 0 Å². The van der Waals surface area contributed by atoms with Gasteiger partial charge in [0.1, 0.15) is 11.6 Å². The number of hydrogen-bond acceptors (Lipinski definition) is 5. The molecule has 0 radical (unpaired) electrons. The van der Waals surface area contributed by atoms with Gasteiger partial charge in [-0.3, -0.25) is 9.59 Å². The van der Waals surface area contributed by atoms with E-state index < -0.39 is 0 Å². The Morgan fingerprint density at radius 2 is 1.93 bits per heavy atom. The molecular weight excluding hydrogens is 377 g/mol. The van der Waals surface area contributed by atoms with Crippen molar-refractivity contribution >= 4 is 17.5 Å². The SMILES string of the molecule is CNC(=O)COc1cccc(NC(=O)CCc2ncc(-c3ccc(F)cc3)o2)c1. The van der Waals surface area contributed by atoms with E-state index in [-0.39, 0.29) is 30.7 Å². The summed E-state index contributed by atoms with van der Waals surface area (Å²) in [5, 5.41) is 5.23. The summed E-state index contributed by atoms with van der Waals surface area (Å²) < 4.78 is 24.0. The molecule has 1 aromatic heterocycles. The molecule has 3 rings (SSSR count). The van der Waals surface area contributed by atoms with Gasteiger partial charge in [-0.05, 0) is 36.4 Å². The molecule has 7 nitrogen and oxygen atoms in total. The van der Waals surface area contributed by atoms with Crippen LogP contribution in [0, 0.1) is 5.82 Å². The number of aryl methyl sites for hydroxylation is 1. The highest BCUT2D eigenvalue weighted by molar-refractivity contribution is 5.91. The van der Waals surface area contributed by atoms with Crippen molar-refractivity contribution in [1.29, 1.82) is 0 Å². The Morgan fingerprint density at radius 1 is 1.14 bits per heavy atom. The molecular formula is C21H20FN3O4. The molecule has 0 aliphatic heterocycles. The maximum Gasteiger partial charge on any atom is 0.257 e. The molecule has 0 fully saturated rings. The number of aromatic nitrogens is 1. The van der Waals surface area contributed by atoms with E-state index in [0.717, 1.165) is 0 Å². The number of hydrogen-bond donors (Lipinski definition) is 2. The molecule has 0 unspecified atom stereocenters. The minimum Gasteiger partial charge on any atom is -0.484 e. The van der Waals surface area contributed by atoms with Crippen molar-refractivity contribution in [3.05, 3.63) is 66.4 Å². The molecule has 0 spiro atoms. The second-order valence-corrected chi connectivity index (χ2v) is 6.16. The Bertz CT molecular complexity index is 986. The third-order valence-electron chi connectivity index (χ3n) is 4.01. The smallest absolute Gasteiger partial charge is 0.257 e. The van der Waals surface area contributed by atoms with E-state index >= 15 is 0 Å². The lowest BCUT2D eigenvalue weighted by atomic mass is 10.2. The lowest BCUT2D eigenvalue weighted by Crippen LogP contribution is -2.24. The standard InChI is InChI=1S/C21H20FN3O4/c1-23-20(27)13-28-17-4-2-3-16(11-17)25-19(26)9-10-21-24-12-18(29-21)14-5-7-15(22)8-6-14/h2-8,11-12H,9-10,13H2,1H3,(H,23,27)(H,25,26). The third-order valence-corrected chi connectivity index (χ3v) is 4.01. The van der Waals surface area contributed by atoms with Crippen LogP contribution in [0.4, 0.5) is 10.1 Å². The molecule has 3 aromatic rings. The fourth-order valence-electron chi connectivity index (χ4n) is 2.50. The Morgan fingerprint density at radius 3 is 2.69 bits per heavy atom. The number of benzene rings is 2. The van der Waals surface area contributed by atoms with Gasteiger partial charge in [0.25, 0.3) is 5.91 Å². The second-order valence-electron chi connectivity index (χ2n) is 6.16. The molecule has 0 aliphatic rings. The van der Waals surface area contributed by atoms with E-state index in [1.54, 1.807) is 42.6 Å². The highest BCUT2D eigenvalue weighted by atomic mass is 19.1. The van der Waals surface area contributed by atoms with Gasteiger partial charge >= 0.3 is 0 Å². The van der Waals surface area contributed by atoms with Gasteiger partial charge in [0.15, 0.2) is 18.3 Å². The van der Waals surface area contributed by atoms with E-state index in [9.17, 15) is 14.0 Å². The first kappa shape index (κ1) is 20.1. The zero-order valence-electron chi connectivity index (χ0n) is 15.8. The lowest BCUT2D eigenvalue weighted by Gasteiger charge is -2.08. The van der Waals surface area contributed by atoms with Gasteiger partial charge in [-0.25, -0.2) is 9.37 Å². The fraction of sp³-hybridized carbons (Fsp3) is 0.190. The Labute approximate surface area is 166 Å².